The van der Waals surface area contributed by atoms with Gasteiger partial charge in [-0.3, -0.25) is 4.79 Å². The van der Waals surface area contributed by atoms with E-state index < -0.39 is 0 Å². The molecule has 0 radical (unpaired) electrons. The molecule has 25 heavy (non-hydrogen) atoms. The second-order valence-electron chi connectivity index (χ2n) is 9.70. The highest BCUT2D eigenvalue weighted by Gasteiger charge is 2.59. The normalized spacial score (nSPS) is 50.7. The summed E-state index contributed by atoms with van der Waals surface area (Å²) in [5.74, 6) is 2.84. The predicted octanol–water partition coefficient (Wildman–Crippen LogP) is 4.79. The fourth-order valence-corrected chi connectivity index (χ4v) is 7.51. The Morgan fingerprint density at radius 3 is 2.64 bits per heavy atom. The van der Waals surface area contributed by atoms with Crippen molar-refractivity contribution in [3.8, 4) is 0 Å². The molecule has 4 saturated carbocycles. The maximum absolute atomic E-state index is 11.3. The first-order valence-corrected chi connectivity index (χ1v) is 10.3. The van der Waals surface area contributed by atoms with Crippen LogP contribution in [0.3, 0.4) is 0 Å². The van der Waals surface area contributed by atoms with Gasteiger partial charge in [0.2, 0.25) is 0 Å². The quantitative estimate of drug-likeness (QED) is 0.421. The molecule has 4 nitrogen and oxygen atoms in total. The molecule has 0 unspecified atom stereocenters. The predicted molar refractivity (Wildman–Crippen MR) is 96.5 cm³/mol. The molecule has 7 atom stereocenters. The molecule has 4 rings (SSSR count). The van der Waals surface area contributed by atoms with Crippen LogP contribution in [0.4, 0.5) is 0 Å². The third kappa shape index (κ3) is 2.54. The van der Waals surface area contributed by atoms with Crippen molar-refractivity contribution in [2.45, 2.75) is 84.7 Å². The Hall–Kier alpha value is -1.06. The number of oxime groups is 1. The van der Waals surface area contributed by atoms with Crippen molar-refractivity contribution in [1.29, 1.82) is 0 Å². The maximum Gasteiger partial charge on any atom is 0.302 e. The van der Waals surface area contributed by atoms with Crippen LogP contribution < -0.4 is 0 Å². The molecule has 0 aromatic heterocycles. The van der Waals surface area contributed by atoms with E-state index in [0.29, 0.717) is 17.3 Å². The Bertz CT molecular complexity index is 588. The first kappa shape index (κ1) is 17.4. The largest absolute Gasteiger partial charge is 0.463 e. The van der Waals surface area contributed by atoms with Crippen LogP contribution in [0, 0.1) is 34.5 Å². The average molecular weight is 347 g/mol. The summed E-state index contributed by atoms with van der Waals surface area (Å²) in [6.45, 7) is 6.41. The summed E-state index contributed by atoms with van der Waals surface area (Å²) >= 11 is 0. The van der Waals surface area contributed by atoms with Crippen LogP contribution in [0.25, 0.3) is 0 Å². The highest BCUT2D eigenvalue weighted by atomic mass is 16.5. The van der Waals surface area contributed by atoms with Gasteiger partial charge in [-0.25, -0.2) is 0 Å². The minimum atomic E-state index is -0.127. The van der Waals surface area contributed by atoms with E-state index in [9.17, 15) is 10.0 Å². The molecule has 4 heteroatoms. The van der Waals surface area contributed by atoms with Gasteiger partial charge in [0.1, 0.15) is 6.10 Å². The Morgan fingerprint density at radius 1 is 1.12 bits per heavy atom. The second-order valence-corrected chi connectivity index (χ2v) is 9.70. The van der Waals surface area contributed by atoms with E-state index in [-0.39, 0.29) is 17.5 Å². The van der Waals surface area contributed by atoms with Gasteiger partial charge in [-0.05, 0) is 86.9 Å². The number of rotatable bonds is 1. The number of nitrogens with zero attached hydrogens (tertiary/aromatic N) is 1. The van der Waals surface area contributed by atoms with E-state index in [1.165, 1.54) is 45.4 Å². The molecule has 0 spiro atoms. The van der Waals surface area contributed by atoms with Crippen molar-refractivity contribution in [3.63, 3.8) is 0 Å². The highest BCUT2D eigenvalue weighted by Crippen LogP contribution is 2.65. The van der Waals surface area contributed by atoms with Crippen molar-refractivity contribution in [2.75, 3.05) is 0 Å². The number of hydrogen-bond donors (Lipinski definition) is 1. The lowest BCUT2D eigenvalue weighted by Crippen LogP contribution is -2.54. The zero-order valence-electron chi connectivity index (χ0n) is 16.0. The molecule has 0 amide bonds. The molecule has 4 aliphatic carbocycles. The van der Waals surface area contributed by atoms with Gasteiger partial charge in [0.05, 0.1) is 5.71 Å². The van der Waals surface area contributed by atoms with Crippen LogP contribution in [-0.4, -0.2) is 23.0 Å². The van der Waals surface area contributed by atoms with Gasteiger partial charge in [-0.2, -0.15) is 0 Å². The van der Waals surface area contributed by atoms with Crippen molar-refractivity contribution in [2.24, 2.45) is 39.7 Å². The fraction of sp³-hybridized carbons (Fsp3) is 0.905. The summed E-state index contributed by atoms with van der Waals surface area (Å²) < 4.78 is 5.55. The van der Waals surface area contributed by atoms with Crippen LogP contribution in [0.15, 0.2) is 5.16 Å². The molecular formula is C21H33NO3. The number of ether oxygens (including phenoxy) is 1. The van der Waals surface area contributed by atoms with Crippen LogP contribution in [0.1, 0.15) is 78.6 Å². The zero-order chi connectivity index (χ0) is 17.8. The maximum atomic E-state index is 11.3. The van der Waals surface area contributed by atoms with E-state index in [1.807, 2.05) is 0 Å². The Labute approximate surface area is 151 Å². The molecule has 4 fully saturated rings. The Balaban J connectivity index is 1.55. The lowest BCUT2D eigenvalue weighted by molar-refractivity contribution is -0.158. The number of hydrogen-bond acceptors (Lipinski definition) is 4. The molecule has 140 valence electrons. The number of fused-ring (bicyclic) bond motifs is 5. The first-order valence-electron chi connectivity index (χ1n) is 10.3. The van der Waals surface area contributed by atoms with Crippen LogP contribution in [-0.2, 0) is 9.53 Å². The SMILES string of the molecule is CC(=O)O[C@H]1CC[C@@]2(C)[C@@H](CC[C@@H]3[C@H]4CC/C(=N\O)[C@@]4(C)CC[C@@H]32)C1. The summed E-state index contributed by atoms with van der Waals surface area (Å²) in [6.07, 6.45) is 10.6. The van der Waals surface area contributed by atoms with E-state index >= 15 is 0 Å². The molecule has 0 aromatic carbocycles. The van der Waals surface area contributed by atoms with Crippen LogP contribution >= 0.6 is 0 Å². The molecule has 4 aliphatic rings. The second kappa shape index (κ2) is 5.99. The third-order valence-electron chi connectivity index (χ3n) is 8.81. The van der Waals surface area contributed by atoms with Gasteiger partial charge < -0.3 is 9.94 Å². The zero-order valence-corrected chi connectivity index (χ0v) is 16.0. The number of esters is 1. The lowest BCUT2D eigenvalue weighted by atomic mass is 9.45. The van der Waals surface area contributed by atoms with Gasteiger partial charge in [0, 0.05) is 12.3 Å². The molecule has 1 N–H and O–H groups in total. The van der Waals surface area contributed by atoms with Crippen LogP contribution in [0.2, 0.25) is 0 Å². The average Bonchev–Trinajstić information content (AvgIpc) is 2.91. The van der Waals surface area contributed by atoms with Gasteiger partial charge in [0.15, 0.2) is 0 Å². The Kier molecular flexibility index (Phi) is 4.16. The summed E-state index contributed by atoms with van der Waals surface area (Å²) in [4.78, 5) is 11.3. The number of carbonyl (C=O) groups is 1. The van der Waals surface area contributed by atoms with E-state index in [0.717, 1.165) is 36.8 Å². The third-order valence-corrected chi connectivity index (χ3v) is 8.81. The van der Waals surface area contributed by atoms with Gasteiger partial charge in [-0.15, -0.1) is 0 Å². The van der Waals surface area contributed by atoms with Crippen LogP contribution in [0.5, 0.6) is 0 Å². The van der Waals surface area contributed by atoms with Crippen molar-refractivity contribution in [1.82, 2.24) is 0 Å². The Morgan fingerprint density at radius 2 is 1.92 bits per heavy atom. The van der Waals surface area contributed by atoms with Crippen molar-refractivity contribution < 1.29 is 14.7 Å². The first-order chi connectivity index (χ1) is 11.9. The summed E-state index contributed by atoms with van der Waals surface area (Å²) in [6, 6.07) is 0. The van der Waals surface area contributed by atoms with E-state index in [4.69, 9.17) is 4.74 Å². The van der Waals surface area contributed by atoms with Gasteiger partial charge >= 0.3 is 5.97 Å². The van der Waals surface area contributed by atoms with E-state index in [1.54, 1.807) is 0 Å². The highest BCUT2D eigenvalue weighted by molar-refractivity contribution is 5.91. The summed E-state index contributed by atoms with van der Waals surface area (Å²) in [5, 5.41) is 13.1. The monoisotopic (exact) mass is 347 g/mol. The van der Waals surface area contributed by atoms with Gasteiger partial charge in [0.25, 0.3) is 0 Å². The standard InChI is InChI=1S/C21H33NO3/c1-13(23)25-15-8-10-20(2)14(12-15)4-5-16-17-6-7-19(22-24)21(17,3)11-9-18(16)20/h14-18,24H,4-12H2,1-3H3/b22-19+/t14-,15-,16+,17+,18-,20-,21-/m0/s1. The van der Waals surface area contributed by atoms with E-state index in [2.05, 4.69) is 19.0 Å². The molecule has 0 bridgehead atoms. The minimum absolute atomic E-state index is 0.127. The minimum Gasteiger partial charge on any atom is -0.463 e. The smallest absolute Gasteiger partial charge is 0.302 e. The lowest BCUT2D eigenvalue weighted by Gasteiger charge is -2.60. The summed E-state index contributed by atoms with van der Waals surface area (Å²) in [7, 11) is 0. The molecule has 0 aliphatic heterocycles. The molecule has 0 aromatic rings. The van der Waals surface area contributed by atoms with Crippen molar-refractivity contribution >= 4 is 11.7 Å². The summed E-state index contributed by atoms with van der Waals surface area (Å²) in [5.41, 5.74) is 1.59. The number of carbonyl (C=O) groups excluding carboxylic acids is 1. The topological polar surface area (TPSA) is 58.9 Å². The van der Waals surface area contributed by atoms with Gasteiger partial charge in [-0.1, -0.05) is 19.0 Å². The molecule has 0 saturated heterocycles. The molecule has 0 heterocycles. The molecular weight excluding hydrogens is 314 g/mol. The van der Waals surface area contributed by atoms with Crippen molar-refractivity contribution in [3.05, 3.63) is 0 Å². The fourth-order valence-electron chi connectivity index (χ4n) is 7.51.